The summed E-state index contributed by atoms with van der Waals surface area (Å²) in [4.78, 5) is 0. The predicted octanol–water partition coefficient (Wildman–Crippen LogP) is 8.32. The Morgan fingerprint density at radius 2 is 1.42 bits per heavy atom. The maximum atomic E-state index is 15.1. The molecule has 1 nitrogen and oxygen atoms in total. The molecule has 0 atom stereocenters. The van der Waals surface area contributed by atoms with E-state index < -0.39 is 23.7 Å². The molecule has 0 aliphatic carbocycles. The second kappa shape index (κ2) is 11.7. The van der Waals surface area contributed by atoms with Crippen LogP contribution < -0.4 is 4.74 Å². The maximum absolute atomic E-state index is 15.1. The van der Waals surface area contributed by atoms with Crippen molar-refractivity contribution in [1.82, 2.24) is 0 Å². The van der Waals surface area contributed by atoms with E-state index in [9.17, 15) is 17.6 Å². The van der Waals surface area contributed by atoms with Gasteiger partial charge in [-0.15, -0.1) is 13.2 Å². The first-order valence-electron chi connectivity index (χ1n) is 11.7. The lowest BCUT2D eigenvalue weighted by Gasteiger charge is -2.09. The first kappa shape index (κ1) is 26.5. The molecule has 0 spiro atoms. The quantitative estimate of drug-likeness (QED) is 0.151. The van der Waals surface area contributed by atoms with Gasteiger partial charge in [-0.1, -0.05) is 60.1 Å². The highest BCUT2D eigenvalue weighted by molar-refractivity contribution is 5.86. The summed E-state index contributed by atoms with van der Waals surface area (Å²) < 4.78 is 69.5. The van der Waals surface area contributed by atoms with Crippen molar-refractivity contribution in [2.75, 3.05) is 0 Å². The molecule has 0 heterocycles. The predicted molar refractivity (Wildman–Crippen MR) is 139 cm³/mol. The highest BCUT2D eigenvalue weighted by Gasteiger charge is 2.32. The molecule has 4 aromatic carbocycles. The summed E-state index contributed by atoms with van der Waals surface area (Å²) in [6.07, 6.45) is 1.13. The van der Waals surface area contributed by atoms with Crippen molar-refractivity contribution in [2.45, 2.75) is 26.1 Å². The lowest BCUT2D eigenvalue weighted by Crippen LogP contribution is -2.17. The van der Waals surface area contributed by atoms with E-state index in [-0.39, 0.29) is 11.1 Å². The van der Waals surface area contributed by atoms with Gasteiger partial charge in [-0.25, -0.2) is 8.78 Å². The zero-order valence-electron chi connectivity index (χ0n) is 20.3. The maximum Gasteiger partial charge on any atom is 0.573 e. The molecule has 0 fully saturated rings. The first-order valence-corrected chi connectivity index (χ1v) is 11.7. The van der Waals surface area contributed by atoms with Crippen molar-refractivity contribution >= 4 is 10.8 Å². The monoisotopic (exact) mass is 516 g/mol. The second-order valence-electron chi connectivity index (χ2n) is 8.36. The molecule has 0 N–H and O–H groups in total. The summed E-state index contributed by atoms with van der Waals surface area (Å²) in [6, 6.07) is 19.2. The minimum absolute atomic E-state index is 0.0712. The van der Waals surface area contributed by atoms with Crippen LogP contribution >= 0.6 is 0 Å². The first-order chi connectivity index (χ1) is 18.2. The van der Waals surface area contributed by atoms with Crippen LogP contribution in [-0.4, -0.2) is 6.36 Å². The van der Waals surface area contributed by atoms with E-state index in [1.54, 1.807) is 24.3 Å². The molecule has 4 aromatic rings. The second-order valence-corrected chi connectivity index (χ2v) is 8.36. The average molecular weight is 517 g/mol. The molecule has 0 bridgehead atoms. The van der Waals surface area contributed by atoms with Gasteiger partial charge in [0.05, 0.1) is 5.56 Å². The summed E-state index contributed by atoms with van der Waals surface area (Å²) in [5, 5.41) is 0.979. The van der Waals surface area contributed by atoms with Crippen LogP contribution in [0.3, 0.4) is 0 Å². The van der Waals surface area contributed by atoms with Gasteiger partial charge in [0.25, 0.3) is 0 Å². The number of alkyl halides is 3. The molecule has 6 heteroatoms. The molecule has 0 saturated carbocycles. The number of rotatable bonds is 4. The zero-order valence-corrected chi connectivity index (χ0v) is 20.3. The molecule has 4 rings (SSSR count). The van der Waals surface area contributed by atoms with Crippen LogP contribution in [0.15, 0.2) is 84.9 Å². The van der Waals surface area contributed by atoms with Gasteiger partial charge in [0, 0.05) is 22.1 Å². The topological polar surface area (TPSA) is 9.23 Å². The highest BCUT2D eigenvalue weighted by Crippen LogP contribution is 2.26. The van der Waals surface area contributed by atoms with Crippen molar-refractivity contribution in [3.05, 3.63) is 124 Å². The van der Waals surface area contributed by atoms with Crippen molar-refractivity contribution in [1.29, 1.82) is 0 Å². The summed E-state index contributed by atoms with van der Waals surface area (Å²) in [5.74, 6) is 8.67. The van der Waals surface area contributed by atoms with E-state index >= 15 is 4.39 Å². The molecule has 0 aromatic heterocycles. The molecule has 38 heavy (non-hydrogen) atoms. The lowest BCUT2D eigenvalue weighted by atomic mass is 10.0. The Balaban J connectivity index is 1.51. The van der Waals surface area contributed by atoms with E-state index in [1.807, 2.05) is 25.1 Å². The smallest absolute Gasteiger partial charge is 0.403 e. The van der Waals surface area contributed by atoms with Crippen LogP contribution in [0.1, 0.15) is 41.2 Å². The van der Waals surface area contributed by atoms with Crippen LogP contribution in [0, 0.1) is 35.3 Å². The molecule has 0 aliphatic rings. The van der Waals surface area contributed by atoms with E-state index in [4.69, 9.17) is 0 Å². The van der Waals surface area contributed by atoms with Gasteiger partial charge in [0.2, 0.25) is 0 Å². The normalized spacial score (nSPS) is 11.1. The zero-order chi connectivity index (χ0) is 27.1. The van der Waals surface area contributed by atoms with Gasteiger partial charge >= 0.3 is 6.36 Å². The number of hydrogen-bond donors (Lipinski definition) is 0. The molecule has 0 amide bonds. The number of aryl methyl sites for hydroxylation is 1. The third kappa shape index (κ3) is 7.02. The average Bonchev–Trinajstić information content (AvgIpc) is 2.89. The number of benzene rings is 4. The minimum atomic E-state index is -5.01. The molecule has 0 aliphatic heterocycles. The Kier molecular flexibility index (Phi) is 8.14. The van der Waals surface area contributed by atoms with Gasteiger partial charge in [-0.2, -0.15) is 0 Å². The fraction of sp³-hybridized carbons (Fsp3) is 0.125. The number of halogens is 5. The Morgan fingerprint density at radius 3 is 2.13 bits per heavy atom. The summed E-state index contributed by atoms with van der Waals surface area (Å²) >= 11 is 0. The Hall–Kier alpha value is -4.55. The van der Waals surface area contributed by atoms with Gasteiger partial charge in [0.1, 0.15) is 5.82 Å². The van der Waals surface area contributed by atoms with E-state index in [2.05, 4.69) is 46.6 Å². The van der Waals surface area contributed by atoms with E-state index in [0.717, 1.165) is 36.1 Å². The molecule has 0 saturated heterocycles. The molecule has 0 radical (unpaired) electrons. The SMILES string of the molecule is C/C=C/CCc1ccc(C#Cc2ccc3c(F)c(C#Cc4ccc(OC(F)(F)F)c(F)c4)ccc3c2)cc1. The molecule has 0 unspecified atom stereocenters. The Morgan fingerprint density at radius 1 is 0.763 bits per heavy atom. The van der Waals surface area contributed by atoms with Crippen molar-refractivity contribution < 1.29 is 26.7 Å². The third-order valence-corrected chi connectivity index (χ3v) is 5.59. The van der Waals surface area contributed by atoms with Crippen LogP contribution in [0.25, 0.3) is 10.8 Å². The van der Waals surface area contributed by atoms with Crippen LogP contribution in [-0.2, 0) is 6.42 Å². The lowest BCUT2D eigenvalue weighted by molar-refractivity contribution is -0.275. The van der Waals surface area contributed by atoms with Gasteiger partial charge in [-0.05, 0) is 79.2 Å². The summed E-state index contributed by atoms with van der Waals surface area (Å²) in [5.41, 5.74) is 3.00. The largest absolute Gasteiger partial charge is 0.573 e. The van der Waals surface area contributed by atoms with E-state index in [1.165, 1.54) is 17.7 Å². The van der Waals surface area contributed by atoms with Crippen LogP contribution in [0.4, 0.5) is 22.0 Å². The van der Waals surface area contributed by atoms with E-state index in [0.29, 0.717) is 10.8 Å². The summed E-state index contributed by atoms with van der Waals surface area (Å²) in [7, 11) is 0. The summed E-state index contributed by atoms with van der Waals surface area (Å²) in [6.45, 7) is 2.00. The number of allylic oxidation sites excluding steroid dienone is 2. The van der Waals surface area contributed by atoms with Crippen LogP contribution in [0.5, 0.6) is 5.75 Å². The van der Waals surface area contributed by atoms with Gasteiger partial charge in [0.15, 0.2) is 11.6 Å². The van der Waals surface area contributed by atoms with Crippen molar-refractivity contribution in [3.8, 4) is 29.4 Å². The highest BCUT2D eigenvalue weighted by atomic mass is 19.4. The van der Waals surface area contributed by atoms with Crippen molar-refractivity contribution in [2.24, 2.45) is 0 Å². The minimum Gasteiger partial charge on any atom is -0.403 e. The Labute approximate surface area is 217 Å². The fourth-order valence-electron chi connectivity index (χ4n) is 3.71. The van der Waals surface area contributed by atoms with Gasteiger partial charge in [-0.3, -0.25) is 0 Å². The molecular weight excluding hydrogens is 495 g/mol. The van der Waals surface area contributed by atoms with Crippen LogP contribution in [0.2, 0.25) is 0 Å². The fourth-order valence-corrected chi connectivity index (χ4v) is 3.71. The number of fused-ring (bicyclic) bond motifs is 1. The molecule has 190 valence electrons. The Bertz CT molecular complexity index is 1610. The number of ether oxygens (including phenoxy) is 1. The van der Waals surface area contributed by atoms with Gasteiger partial charge < -0.3 is 4.74 Å². The third-order valence-electron chi connectivity index (χ3n) is 5.59. The van der Waals surface area contributed by atoms with Crippen molar-refractivity contribution in [3.63, 3.8) is 0 Å². The molecular formula is C32H21F5O. The standard InChI is InChI=1S/C32H21F5O/c1-2-3-4-5-22-6-8-23(9-7-22)10-11-24-13-18-28-27(20-24)17-16-26(31(28)34)15-12-25-14-19-30(29(33)21-25)38-32(35,36)37/h2-3,6-9,13-14,16-21H,4-5H2,1H3/b3-2+. The number of hydrogen-bond acceptors (Lipinski definition) is 1.